The molecule has 2 aromatic carbocycles. The zero-order valence-corrected chi connectivity index (χ0v) is 18.1. The van der Waals surface area contributed by atoms with E-state index in [1.165, 1.54) is 0 Å². The van der Waals surface area contributed by atoms with E-state index in [0.717, 1.165) is 16.9 Å². The molecule has 0 radical (unpaired) electrons. The van der Waals surface area contributed by atoms with E-state index in [1.54, 1.807) is 26.0 Å². The van der Waals surface area contributed by atoms with Gasteiger partial charge in [-0.05, 0) is 62.1 Å². The minimum atomic E-state index is -1.39. The van der Waals surface area contributed by atoms with Gasteiger partial charge in [0.2, 0.25) is 0 Å². The van der Waals surface area contributed by atoms with E-state index in [0.29, 0.717) is 23.6 Å². The first-order chi connectivity index (χ1) is 14.3. The van der Waals surface area contributed by atoms with Crippen LogP contribution in [0.15, 0.2) is 42.5 Å². The standard InChI is InChI=1S/C23H29ClO6/c1-4-28-17-8-5-14(6-9-17)11-16-12-15(7-10-18(16)24)22-20(26)19(25)21(27)23(30-22)29-13(2)3/h5-10,12-13,19-23,25-27H,4,11H2,1-3H3/t19-,20-,21?,22+,23+/m1/s1. The van der Waals surface area contributed by atoms with E-state index in [4.69, 9.17) is 25.8 Å². The second kappa shape index (κ2) is 10.1. The summed E-state index contributed by atoms with van der Waals surface area (Å²) in [6, 6.07) is 13.1. The number of halogens is 1. The van der Waals surface area contributed by atoms with Crippen LogP contribution in [-0.2, 0) is 15.9 Å². The van der Waals surface area contributed by atoms with Gasteiger partial charge in [-0.15, -0.1) is 0 Å². The highest BCUT2D eigenvalue weighted by molar-refractivity contribution is 6.31. The van der Waals surface area contributed by atoms with Gasteiger partial charge in [-0.2, -0.15) is 0 Å². The van der Waals surface area contributed by atoms with Gasteiger partial charge in [-0.1, -0.05) is 35.9 Å². The number of aliphatic hydroxyl groups is 3. The van der Waals surface area contributed by atoms with Gasteiger partial charge in [-0.25, -0.2) is 0 Å². The molecule has 7 heteroatoms. The highest BCUT2D eigenvalue weighted by Gasteiger charge is 2.45. The van der Waals surface area contributed by atoms with Crippen molar-refractivity contribution in [2.75, 3.05) is 6.61 Å². The predicted octanol–water partition coefficient (Wildman–Crippen LogP) is 3.23. The van der Waals surface area contributed by atoms with Crippen LogP contribution in [0.4, 0.5) is 0 Å². The van der Waals surface area contributed by atoms with Crippen molar-refractivity contribution in [3.05, 3.63) is 64.2 Å². The molecule has 30 heavy (non-hydrogen) atoms. The minimum Gasteiger partial charge on any atom is -0.494 e. The van der Waals surface area contributed by atoms with E-state index in [9.17, 15) is 15.3 Å². The van der Waals surface area contributed by atoms with E-state index < -0.39 is 30.7 Å². The first kappa shape index (κ1) is 23.0. The molecule has 6 nitrogen and oxygen atoms in total. The van der Waals surface area contributed by atoms with Gasteiger partial charge in [0.25, 0.3) is 0 Å². The fourth-order valence-electron chi connectivity index (χ4n) is 3.50. The van der Waals surface area contributed by atoms with Crippen LogP contribution < -0.4 is 4.74 Å². The average molecular weight is 437 g/mol. The van der Waals surface area contributed by atoms with Crippen molar-refractivity contribution < 1.29 is 29.5 Å². The second-order valence-corrected chi connectivity index (χ2v) is 8.09. The molecular formula is C23H29ClO6. The topological polar surface area (TPSA) is 88.4 Å². The van der Waals surface area contributed by atoms with Crippen LogP contribution in [0, 0.1) is 0 Å². The van der Waals surface area contributed by atoms with Gasteiger partial charge >= 0.3 is 0 Å². The quantitative estimate of drug-likeness (QED) is 0.617. The molecule has 1 unspecified atom stereocenters. The maximum Gasteiger partial charge on any atom is 0.187 e. The summed E-state index contributed by atoms with van der Waals surface area (Å²) in [4.78, 5) is 0. The molecule has 1 fully saturated rings. The predicted molar refractivity (Wildman–Crippen MR) is 114 cm³/mol. The molecule has 3 rings (SSSR count). The third-order valence-corrected chi connectivity index (χ3v) is 5.37. The van der Waals surface area contributed by atoms with Crippen LogP contribution in [0.25, 0.3) is 0 Å². The fourth-order valence-corrected chi connectivity index (χ4v) is 3.69. The lowest BCUT2D eigenvalue weighted by atomic mass is 9.92. The number of hydrogen-bond acceptors (Lipinski definition) is 6. The van der Waals surface area contributed by atoms with Crippen molar-refractivity contribution in [1.29, 1.82) is 0 Å². The molecule has 0 bridgehead atoms. The Labute approximate surface area is 182 Å². The largest absolute Gasteiger partial charge is 0.494 e. The summed E-state index contributed by atoms with van der Waals surface area (Å²) in [6.45, 7) is 6.16. The molecular weight excluding hydrogens is 408 g/mol. The summed E-state index contributed by atoms with van der Waals surface area (Å²) in [5.74, 6) is 0.809. The van der Waals surface area contributed by atoms with Gasteiger partial charge in [0.15, 0.2) is 6.29 Å². The monoisotopic (exact) mass is 436 g/mol. The summed E-state index contributed by atoms with van der Waals surface area (Å²) in [7, 11) is 0. The van der Waals surface area contributed by atoms with E-state index in [1.807, 2.05) is 37.3 Å². The normalized spacial score (nSPS) is 26.7. The van der Waals surface area contributed by atoms with E-state index in [-0.39, 0.29) is 6.10 Å². The van der Waals surface area contributed by atoms with Crippen LogP contribution in [0.1, 0.15) is 43.6 Å². The Balaban J connectivity index is 1.82. The lowest BCUT2D eigenvalue weighted by molar-refractivity contribution is -0.307. The van der Waals surface area contributed by atoms with Crippen LogP contribution in [0.2, 0.25) is 5.02 Å². The van der Waals surface area contributed by atoms with Crippen molar-refractivity contribution in [2.24, 2.45) is 0 Å². The molecule has 1 aliphatic heterocycles. The molecule has 0 aromatic heterocycles. The third kappa shape index (κ3) is 5.32. The molecule has 1 saturated heterocycles. The first-order valence-electron chi connectivity index (χ1n) is 10.1. The van der Waals surface area contributed by atoms with Gasteiger partial charge in [0, 0.05) is 5.02 Å². The molecule has 0 spiro atoms. The average Bonchev–Trinajstić information content (AvgIpc) is 2.71. The highest BCUT2D eigenvalue weighted by Crippen LogP contribution is 2.35. The molecule has 1 heterocycles. The third-order valence-electron chi connectivity index (χ3n) is 5.00. The number of aliphatic hydroxyl groups excluding tert-OH is 3. The van der Waals surface area contributed by atoms with Gasteiger partial charge < -0.3 is 29.5 Å². The zero-order valence-electron chi connectivity index (χ0n) is 17.4. The van der Waals surface area contributed by atoms with Crippen LogP contribution in [0.3, 0.4) is 0 Å². The van der Waals surface area contributed by atoms with Crippen molar-refractivity contribution >= 4 is 11.6 Å². The summed E-state index contributed by atoms with van der Waals surface area (Å²) in [5, 5.41) is 31.6. The van der Waals surface area contributed by atoms with E-state index >= 15 is 0 Å². The summed E-state index contributed by atoms with van der Waals surface area (Å²) < 4.78 is 16.9. The second-order valence-electron chi connectivity index (χ2n) is 7.69. The molecule has 1 aliphatic rings. The van der Waals surface area contributed by atoms with Gasteiger partial charge in [0.05, 0.1) is 12.7 Å². The van der Waals surface area contributed by atoms with Crippen molar-refractivity contribution in [1.82, 2.24) is 0 Å². The Morgan fingerprint density at radius 2 is 1.70 bits per heavy atom. The summed E-state index contributed by atoms with van der Waals surface area (Å²) in [6.07, 6.45) is -5.56. The van der Waals surface area contributed by atoms with Gasteiger partial charge in [-0.3, -0.25) is 0 Å². The lowest BCUT2D eigenvalue weighted by Crippen LogP contribution is -2.55. The Morgan fingerprint density at radius 3 is 2.33 bits per heavy atom. The van der Waals surface area contributed by atoms with Crippen LogP contribution in [0.5, 0.6) is 5.75 Å². The Kier molecular flexibility index (Phi) is 7.74. The number of rotatable bonds is 7. The number of ether oxygens (including phenoxy) is 3. The zero-order chi connectivity index (χ0) is 21.8. The fraction of sp³-hybridized carbons (Fsp3) is 0.478. The highest BCUT2D eigenvalue weighted by atomic mass is 35.5. The maximum absolute atomic E-state index is 10.5. The lowest BCUT2D eigenvalue weighted by Gasteiger charge is -2.41. The first-order valence-corrected chi connectivity index (χ1v) is 10.5. The Morgan fingerprint density at radius 1 is 1.00 bits per heavy atom. The minimum absolute atomic E-state index is 0.215. The number of benzene rings is 2. The number of hydrogen-bond donors (Lipinski definition) is 3. The van der Waals surface area contributed by atoms with Crippen molar-refractivity contribution in [3.8, 4) is 5.75 Å². The van der Waals surface area contributed by atoms with Crippen molar-refractivity contribution in [2.45, 2.75) is 64.0 Å². The SMILES string of the molecule is CCOc1ccc(Cc2cc([C@@H]3O[C@H](OC(C)C)C(O)[C@H](O)[C@H]3O)ccc2Cl)cc1. The van der Waals surface area contributed by atoms with Crippen molar-refractivity contribution in [3.63, 3.8) is 0 Å². The molecule has 164 valence electrons. The van der Waals surface area contributed by atoms with E-state index in [2.05, 4.69) is 0 Å². The molecule has 0 aliphatic carbocycles. The molecule has 0 amide bonds. The maximum atomic E-state index is 10.5. The summed E-state index contributed by atoms with van der Waals surface area (Å²) >= 11 is 6.41. The molecule has 5 atom stereocenters. The molecule has 0 saturated carbocycles. The molecule has 3 N–H and O–H groups in total. The molecule has 2 aromatic rings. The van der Waals surface area contributed by atoms with Crippen LogP contribution >= 0.6 is 11.6 Å². The Hall–Kier alpha value is -1.67. The van der Waals surface area contributed by atoms with Crippen LogP contribution in [-0.4, -0.2) is 52.6 Å². The van der Waals surface area contributed by atoms with Gasteiger partial charge in [0.1, 0.15) is 30.2 Å². The smallest absolute Gasteiger partial charge is 0.187 e. The Bertz CT molecular complexity index is 825. The summed E-state index contributed by atoms with van der Waals surface area (Å²) in [5.41, 5.74) is 2.56.